The first kappa shape index (κ1) is 14.2. The van der Waals surface area contributed by atoms with Crippen molar-refractivity contribution >= 4 is 46.2 Å². The van der Waals surface area contributed by atoms with E-state index in [1.807, 2.05) is 0 Å². The van der Waals surface area contributed by atoms with Gasteiger partial charge in [0, 0.05) is 10.4 Å². The molecule has 0 atom stereocenters. The SMILES string of the molecule is CCOC(=O)c1sc(-c2c(Cl)cccc2Cl)cc1N. The van der Waals surface area contributed by atoms with Gasteiger partial charge in [0.25, 0.3) is 0 Å². The fourth-order valence-corrected chi connectivity index (χ4v) is 3.38. The third-order valence-electron chi connectivity index (χ3n) is 2.43. The lowest BCUT2D eigenvalue weighted by atomic mass is 10.2. The second-order valence-corrected chi connectivity index (χ2v) is 5.58. The second-order valence-electron chi connectivity index (χ2n) is 3.71. The van der Waals surface area contributed by atoms with E-state index < -0.39 is 5.97 Å². The van der Waals surface area contributed by atoms with Gasteiger partial charge in [-0.05, 0) is 25.1 Å². The molecule has 0 aliphatic carbocycles. The molecule has 0 radical (unpaired) electrons. The summed E-state index contributed by atoms with van der Waals surface area (Å²) >= 11 is 13.5. The Morgan fingerprint density at radius 3 is 2.58 bits per heavy atom. The summed E-state index contributed by atoms with van der Waals surface area (Å²) in [5.74, 6) is -0.431. The second kappa shape index (κ2) is 5.82. The van der Waals surface area contributed by atoms with Gasteiger partial charge in [0.15, 0.2) is 0 Å². The van der Waals surface area contributed by atoms with Gasteiger partial charge in [0.05, 0.1) is 22.3 Å². The van der Waals surface area contributed by atoms with E-state index in [0.717, 1.165) is 4.88 Å². The molecular formula is C13H11Cl2NO2S. The molecule has 19 heavy (non-hydrogen) atoms. The van der Waals surface area contributed by atoms with E-state index in [4.69, 9.17) is 33.7 Å². The standard InChI is InChI=1S/C13H11Cl2NO2S/c1-2-18-13(17)12-9(16)6-10(19-12)11-7(14)4-3-5-8(11)15/h3-6H,2,16H2,1H3. The van der Waals surface area contributed by atoms with Crippen molar-refractivity contribution in [3.63, 3.8) is 0 Å². The van der Waals surface area contributed by atoms with Gasteiger partial charge in [-0.3, -0.25) is 0 Å². The number of carbonyl (C=O) groups excluding carboxylic acids is 1. The normalized spacial score (nSPS) is 10.5. The molecule has 3 nitrogen and oxygen atoms in total. The van der Waals surface area contributed by atoms with Crippen LogP contribution >= 0.6 is 34.5 Å². The number of thiophene rings is 1. The summed E-state index contributed by atoms with van der Waals surface area (Å²) < 4.78 is 4.94. The first-order valence-corrected chi connectivity index (χ1v) is 7.12. The molecule has 0 saturated carbocycles. The Morgan fingerprint density at radius 1 is 1.37 bits per heavy atom. The fourth-order valence-electron chi connectivity index (χ4n) is 1.62. The van der Waals surface area contributed by atoms with Crippen LogP contribution in [0.2, 0.25) is 10.0 Å². The van der Waals surface area contributed by atoms with Crippen molar-refractivity contribution in [1.82, 2.24) is 0 Å². The Balaban J connectivity index is 2.48. The minimum atomic E-state index is -0.431. The van der Waals surface area contributed by atoms with Gasteiger partial charge in [-0.15, -0.1) is 11.3 Å². The highest BCUT2D eigenvalue weighted by Gasteiger charge is 2.18. The molecule has 0 spiro atoms. The van der Waals surface area contributed by atoms with Crippen molar-refractivity contribution < 1.29 is 9.53 Å². The predicted molar refractivity (Wildman–Crippen MR) is 80.1 cm³/mol. The van der Waals surface area contributed by atoms with E-state index in [1.165, 1.54) is 11.3 Å². The van der Waals surface area contributed by atoms with Crippen LogP contribution in [0.5, 0.6) is 0 Å². The molecule has 0 bridgehead atoms. The Morgan fingerprint density at radius 2 is 2.00 bits per heavy atom. The maximum absolute atomic E-state index is 11.7. The number of hydrogen-bond acceptors (Lipinski definition) is 4. The smallest absolute Gasteiger partial charge is 0.350 e. The molecule has 100 valence electrons. The molecule has 6 heteroatoms. The highest BCUT2D eigenvalue weighted by atomic mass is 35.5. The molecule has 0 fully saturated rings. The number of benzene rings is 1. The van der Waals surface area contributed by atoms with E-state index in [2.05, 4.69) is 0 Å². The summed E-state index contributed by atoms with van der Waals surface area (Å²) in [7, 11) is 0. The Kier molecular flexibility index (Phi) is 4.34. The molecule has 1 aromatic carbocycles. The van der Waals surface area contributed by atoms with Crippen molar-refractivity contribution in [2.45, 2.75) is 6.92 Å². The molecule has 1 heterocycles. The van der Waals surface area contributed by atoms with Crippen molar-refractivity contribution in [2.24, 2.45) is 0 Å². The summed E-state index contributed by atoms with van der Waals surface area (Å²) in [6.07, 6.45) is 0. The van der Waals surface area contributed by atoms with Crippen LogP contribution in [0.15, 0.2) is 24.3 Å². The molecule has 2 aromatic rings. The van der Waals surface area contributed by atoms with Crippen LogP contribution in [-0.2, 0) is 4.74 Å². The number of rotatable bonds is 3. The number of anilines is 1. The number of ether oxygens (including phenoxy) is 1. The predicted octanol–water partition coefficient (Wildman–Crippen LogP) is 4.48. The molecule has 0 aliphatic rings. The summed E-state index contributed by atoms with van der Waals surface area (Å²) in [4.78, 5) is 12.8. The van der Waals surface area contributed by atoms with Crippen LogP contribution in [0.25, 0.3) is 10.4 Å². The van der Waals surface area contributed by atoms with E-state index in [-0.39, 0.29) is 0 Å². The molecule has 2 N–H and O–H groups in total. The number of hydrogen-bond donors (Lipinski definition) is 1. The van der Waals surface area contributed by atoms with Gasteiger partial charge < -0.3 is 10.5 Å². The lowest BCUT2D eigenvalue weighted by molar-refractivity contribution is 0.0533. The van der Waals surface area contributed by atoms with Crippen LogP contribution in [0.1, 0.15) is 16.6 Å². The molecule has 2 rings (SSSR count). The molecule has 0 amide bonds. The van der Waals surface area contributed by atoms with Crippen molar-refractivity contribution in [1.29, 1.82) is 0 Å². The number of nitrogens with two attached hydrogens (primary N) is 1. The third kappa shape index (κ3) is 2.86. The highest BCUT2D eigenvalue weighted by Crippen LogP contribution is 2.41. The van der Waals surface area contributed by atoms with Crippen LogP contribution in [-0.4, -0.2) is 12.6 Å². The van der Waals surface area contributed by atoms with Gasteiger partial charge in [0.1, 0.15) is 4.88 Å². The zero-order valence-corrected chi connectivity index (χ0v) is 12.4. The first-order chi connectivity index (χ1) is 9.04. The minimum absolute atomic E-state index is 0.304. The van der Waals surface area contributed by atoms with Gasteiger partial charge in [-0.25, -0.2) is 4.79 Å². The molecule has 0 aliphatic heterocycles. The summed E-state index contributed by atoms with van der Waals surface area (Å²) in [6.45, 7) is 2.05. The van der Waals surface area contributed by atoms with E-state index in [0.29, 0.717) is 32.8 Å². The Labute approximate surface area is 124 Å². The third-order valence-corrected chi connectivity index (χ3v) is 4.21. The fraction of sp³-hybridized carbons (Fsp3) is 0.154. The van der Waals surface area contributed by atoms with Crippen molar-refractivity contribution in [2.75, 3.05) is 12.3 Å². The Bertz CT molecular complexity index is 605. The van der Waals surface area contributed by atoms with Crippen LogP contribution in [0.3, 0.4) is 0 Å². The Hall–Kier alpha value is -1.23. The van der Waals surface area contributed by atoms with Crippen LogP contribution < -0.4 is 5.73 Å². The zero-order valence-electron chi connectivity index (χ0n) is 10.1. The van der Waals surface area contributed by atoms with E-state index in [9.17, 15) is 4.79 Å². The minimum Gasteiger partial charge on any atom is -0.462 e. The average molecular weight is 316 g/mol. The summed E-state index contributed by atoms with van der Waals surface area (Å²) in [6, 6.07) is 6.92. The topological polar surface area (TPSA) is 52.3 Å². The monoisotopic (exact) mass is 315 g/mol. The molecular weight excluding hydrogens is 305 g/mol. The lowest BCUT2D eigenvalue weighted by Gasteiger charge is -2.03. The summed E-state index contributed by atoms with van der Waals surface area (Å²) in [5, 5.41) is 1.04. The maximum Gasteiger partial charge on any atom is 0.350 e. The highest BCUT2D eigenvalue weighted by molar-refractivity contribution is 7.18. The van der Waals surface area contributed by atoms with Gasteiger partial charge >= 0.3 is 5.97 Å². The van der Waals surface area contributed by atoms with E-state index >= 15 is 0 Å². The van der Waals surface area contributed by atoms with Crippen molar-refractivity contribution in [3.8, 4) is 10.4 Å². The number of nitrogen functional groups attached to an aromatic ring is 1. The largest absolute Gasteiger partial charge is 0.462 e. The quantitative estimate of drug-likeness (QED) is 0.849. The number of esters is 1. The first-order valence-electron chi connectivity index (χ1n) is 5.55. The van der Waals surface area contributed by atoms with Gasteiger partial charge in [-0.2, -0.15) is 0 Å². The van der Waals surface area contributed by atoms with E-state index in [1.54, 1.807) is 31.2 Å². The number of halogens is 2. The van der Waals surface area contributed by atoms with Crippen LogP contribution in [0, 0.1) is 0 Å². The summed E-state index contributed by atoms with van der Waals surface area (Å²) in [5.41, 5.74) is 6.88. The molecule has 0 unspecified atom stereocenters. The molecule has 1 aromatic heterocycles. The van der Waals surface area contributed by atoms with Crippen LogP contribution in [0.4, 0.5) is 5.69 Å². The lowest BCUT2D eigenvalue weighted by Crippen LogP contribution is -2.04. The number of carbonyl (C=O) groups is 1. The maximum atomic E-state index is 11.7. The average Bonchev–Trinajstić information content (AvgIpc) is 2.71. The van der Waals surface area contributed by atoms with Gasteiger partial charge in [0.2, 0.25) is 0 Å². The zero-order chi connectivity index (χ0) is 14.0. The van der Waals surface area contributed by atoms with Crippen molar-refractivity contribution in [3.05, 3.63) is 39.2 Å². The van der Waals surface area contributed by atoms with Gasteiger partial charge in [-0.1, -0.05) is 29.3 Å². The molecule has 0 saturated heterocycles.